The molecule has 1 atom stereocenters. The number of aryl methyl sites for hydroxylation is 1. The van der Waals surface area contributed by atoms with Crippen molar-refractivity contribution in [3.63, 3.8) is 0 Å². The maximum absolute atomic E-state index is 12.4. The van der Waals surface area contributed by atoms with Crippen LogP contribution < -0.4 is 15.4 Å². The Morgan fingerprint density at radius 3 is 2.14 bits per heavy atom. The number of nitrogens with one attached hydrogen (secondary N) is 2. The molecule has 0 aliphatic rings. The second-order valence-corrected chi connectivity index (χ2v) is 6.59. The molecule has 29 heavy (non-hydrogen) atoms. The summed E-state index contributed by atoms with van der Waals surface area (Å²) in [6, 6.07) is 23.3. The maximum Gasteiger partial charge on any atom is 0.387 e. The largest absolute Gasteiger partial charge is 0.435 e. The summed E-state index contributed by atoms with van der Waals surface area (Å²) in [5, 5.41) is 6.10. The van der Waals surface area contributed by atoms with Crippen molar-refractivity contribution in [3.05, 3.63) is 95.6 Å². The Balaban J connectivity index is 1.71. The summed E-state index contributed by atoms with van der Waals surface area (Å²) in [4.78, 5) is 12.4. The average Bonchev–Trinajstić information content (AvgIpc) is 2.71. The number of hydrogen-bond acceptors (Lipinski definition) is 3. The molecule has 1 amide bonds. The number of benzene rings is 3. The van der Waals surface area contributed by atoms with Gasteiger partial charge in [0.2, 0.25) is 5.91 Å². The number of carbonyl (C=O) groups is 1. The number of rotatable bonds is 8. The van der Waals surface area contributed by atoms with Gasteiger partial charge in [-0.25, -0.2) is 0 Å². The van der Waals surface area contributed by atoms with Gasteiger partial charge in [-0.3, -0.25) is 10.1 Å². The van der Waals surface area contributed by atoms with Crippen LogP contribution in [0.3, 0.4) is 0 Å². The van der Waals surface area contributed by atoms with Crippen molar-refractivity contribution in [2.24, 2.45) is 0 Å². The highest BCUT2D eigenvalue weighted by molar-refractivity contribution is 5.92. The van der Waals surface area contributed by atoms with Crippen LogP contribution in [-0.2, 0) is 4.79 Å². The molecule has 0 fully saturated rings. The Hall–Kier alpha value is -3.25. The van der Waals surface area contributed by atoms with Gasteiger partial charge in [0, 0.05) is 5.69 Å². The van der Waals surface area contributed by atoms with Gasteiger partial charge in [0.15, 0.2) is 0 Å². The van der Waals surface area contributed by atoms with Crippen molar-refractivity contribution in [3.8, 4) is 5.75 Å². The van der Waals surface area contributed by atoms with Gasteiger partial charge >= 0.3 is 6.61 Å². The van der Waals surface area contributed by atoms with Crippen molar-refractivity contribution in [1.29, 1.82) is 0 Å². The average molecular weight is 396 g/mol. The summed E-state index contributed by atoms with van der Waals surface area (Å²) in [7, 11) is 0. The van der Waals surface area contributed by atoms with Crippen LogP contribution in [0.5, 0.6) is 5.75 Å². The minimum absolute atomic E-state index is 0.0860. The van der Waals surface area contributed by atoms with Crippen LogP contribution in [0.2, 0.25) is 0 Å². The summed E-state index contributed by atoms with van der Waals surface area (Å²) in [5.74, 6) is -0.0832. The van der Waals surface area contributed by atoms with E-state index in [1.54, 1.807) is 12.1 Å². The topological polar surface area (TPSA) is 50.4 Å². The second-order valence-electron chi connectivity index (χ2n) is 6.59. The smallest absolute Gasteiger partial charge is 0.387 e. The van der Waals surface area contributed by atoms with Crippen molar-refractivity contribution in [2.75, 3.05) is 11.9 Å². The Morgan fingerprint density at radius 2 is 1.52 bits per heavy atom. The quantitative estimate of drug-likeness (QED) is 0.569. The van der Waals surface area contributed by atoms with Crippen LogP contribution in [0.15, 0.2) is 78.9 Å². The molecule has 0 radical (unpaired) electrons. The molecule has 3 aromatic rings. The van der Waals surface area contributed by atoms with Gasteiger partial charge in [-0.2, -0.15) is 8.78 Å². The summed E-state index contributed by atoms with van der Waals surface area (Å²) in [6.07, 6.45) is 0. The number of alkyl halides is 2. The van der Waals surface area contributed by atoms with E-state index in [1.807, 2.05) is 61.5 Å². The highest BCUT2D eigenvalue weighted by atomic mass is 19.3. The van der Waals surface area contributed by atoms with Crippen molar-refractivity contribution < 1.29 is 18.3 Å². The molecule has 0 saturated carbocycles. The van der Waals surface area contributed by atoms with Gasteiger partial charge < -0.3 is 10.1 Å². The summed E-state index contributed by atoms with van der Waals surface area (Å²) in [6.45, 7) is -0.799. The van der Waals surface area contributed by atoms with Crippen LogP contribution in [0.1, 0.15) is 22.7 Å². The summed E-state index contributed by atoms with van der Waals surface area (Å²) < 4.78 is 29.2. The zero-order valence-corrected chi connectivity index (χ0v) is 15.9. The molecule has 0 aliphatic carbocycles. The van der Waals surface area contributed by atoms with Crippen LogP contribution >= 0.6 is 0 Å². The lowest BCUT2D eigenvalue weighted by Gasteiger charge is -2.20. The van der Waals surface area contributed by atoms with Crippen LogP contribution in [-0.4, -0.2) is 19.1 Å². The van der Waals surface area contributed by atoms with E-state index in [-0.39, 0.29) is 24.2 Å². The minimum atomic E-state index is -2.87. The van der Waals surface area contributed by atoms with E-state index in [0.717, 1.165) is 22.4 Å². The minimum Gasteiger partial charge on any atom is -0.435 e. The second kappa shape index (κ2) is 9.80. The lowest BCUT2D eigenvalue weighted by atomic mass is 9.98. The lowest BCUT2D eigenvalue weighted by Crippen LogP contribution is -2.31. The summed E-state index contributed by atoms with van der Waals surface area (Å²) >= 11 is 0. The molecule has 3 rings (SSSR count). The maximum atomic E-state index is 12.4. The first kappa shape index (κ1) is 20.5. The van der Waals surface area contributed by atoms with Gasteiger partial charge in [-0.05, 0) is 42.3 Å². The molecule has 0 aromatic heterocycles. The number of amides is 1. The zero-order valence-electron chi connectivity index (χ0n) is 15.9. The van der Waals surface area contributed by atoms with Crippen LogP contribution in [0, 0.1) is 6.92 Å². The van der Waals surface area contributed by atoms with Gasteiger partial charge in [0.05, 0.1) is 12.6 Å². The number of halogens is 2. The van der Waals surface area contributed by atoms with E-state index in [0.29, 0.717) is 0 Å². The molecule has 3 aromatic carbocycles. The molecule has 0 bridgehead atoms. The molecule has 0 heterocycles. The third-order valence-electron chi connectivity index (χ3n) is 4.37. The Kier molecular flexibility index (Phi) is 6.92. The molecule has 6 heteroatoms. The number of hydrogen-bond donors (Lipinski definition) is 2. The molecular formula is C23H22F2N2O2. The first-order valence-electron chi connectivity index (χ1n) is 9.21. The van der Waals surface area contributed by atoms with E-state index in [1.165, 1.54) is 12.1 Å². The zero-order chi connectivity index (χ0) is 20.6. The summed E-state index contributed by atoms with van der Waals surface area (Å²) in [5.41, 5.74) is 3.64. The predicted octanol–water partition coefficient (Wildman–Crippen LogP) is 4.91. The van der Waals surface area contributed by atoms with Crippen molar-refractivity contribution >= 4 is 11.6 Å². The predicted molar refractivity (Wildman–Crippen MR) is 109 cm³/mol. The molecule has 4 nitrogen and oxygen atoms in total. The number of ether oxygens (including phenoxy) is 1. The fraction of sp³-hybridized carbons (Fsp3) is 0.174. The van der Waals surface area contributed by atoms with Gasteiger partial charge in [-0.1, -0.05) is 60.2 Å². The van der Waals surface area contributed by atoms with Crippen LogP contribution in [0.25, 0.3) is 0 Å². The van der Waals surface area contributed by atoms with Crippen molar-refractivity contribution in [1.82, 2.24) is 5.32 Å². The Bertz CT molecular complexity index is 914. The molecular weight excluding hydrogens is 374 g/mol. The van der Waals surface area contributed by atoms with Gasteiger partial charge in [0.25, 0.3) is 0 Å². The molecule has 0 unspecified atom stereocenters. The van der Waals surface area contributed by atoms with E-state index in [4.69, 9.17) is 0 Å². The molecule has 0 spiro atoms. The third-order valence-corrected chi connectivity index (χ3v) is 4.37. The van der Waals surface area contributed by atoms with Crippen molar-refractivity contribution in [2.45, 2.75) is 19.6 Å². The Morgan fingerprint density at radius 1 is 0.897 bits per heavy atom. The van der Waals surface area contributed by atoms with Gasteiger partial charge in [0.1, 0.15) is 5.75 Å². The Labute approximate surface area is 168 Å². The normalized spacial score (nSPS) is 11.9. The van der Waals surface area contributed by atoms with E-state index in [9.17, 15) is 13.6 Å². The van der Waals surface area contributed by atoms with E-state index in [2.05, 4.69) is 15.4 Å². The standard InChI is InChI=1S/C23H22F2N2O2/c1-16-7-11-19(12-8-16)27-21(28)15-26-22(17-5-3-2-4-6-17)18-9-13-20(14-10-18)29-23(24)25/h2-14,22-23,26H,15H2,1H3,(H,27,28)/t22-/m1/s1. The fourth-order valence-corrected chi connectivity index (χ4v) is 2.95. The molecule has 150 valence electrons. The highest BCUT2D eigenvalue weighted by Crippen LogP contribution is 2.24. The van der Waals surface area contributed by atoms with Crippen LogP contribution in [0.4, 0.5) is 14.5 Å². The fourth-order valence-electron chi connectivity index (χ4n) is 2.95. The number of carbonyl (C=O) groups excluding carboxylic acids is 1. The van der Waals surface area contributed by atoms with E-state index >= 15 is 0 Å². The molecule has 2 N–H and O–H groups in total. The third kappa shape index (κ3) is 6.12. The first-order valence-corrected chi connectivity index (χ1v) is 9.21. The highest BCUT2D eigenvalue weighted by Gasteiger charge is 2.16. The van der Waals surface area contributed by atoms with E-state index < -0.39 is 6.61 Å². The number of anilines is 1. The molecule has 0 aliphatic heterocycles. The van der Waals surface area contributed by atoms with Gasteiger partial charge in [-0.15, -0.1) is 0 Å². The molecule has 0 saturated heterocycles. The first-order chi connectivity index (χ1) is 14.0. The monoisotopic (exact) mass is 396 g/mol. The lowest BCUT2D eigenvalue weighted by molar-refractivity contribution is -0.115. The SMILES string of the molecule is Cc1ccc(NC(=O)CN[C@H](c2ccccc2)c2ccc(OC(F)F)cc2)cc1.